The Morgan fingerprint density at radius 3 is 2.28 bits per heavy atom. The van der Waals surface area contributed by atoms with E-state index in [1.54, 1.807) is 42.5 Å². The zero-order chi connectivity index (χ0) is 32.3. The van der Waals surface area contributed by atoms with Gasteiger partial charge in [0.15, 0.2) is 0 Å². The van der Waals surface area contributed by atoms with E-state index in [4.69, 9.17) is 4.74 Å². The summed E-state index contributed by atoms with van der Waals surface area (Å²) >= 11 is 0. The number of carboxylic acids is 1. The lowest BCUT2D eigenvalue weighted by Gasteiger charge is -2.49. The van der Waals surface area contributed by atoms with E-state index in [1.165, 1.54) is 23.1 Å². The number of rotatable bonds is 7. The van der Waals surface area contributed by atoms with Crippen LogP contribution in [0.25, 0.3) is 0 Å². The molecule has 0 aromatic heterocycles. The molecule has 6 unspecified atom stereocenters. The number of carbonyl (C=O) groups is 5. The van der Waals surface area contributed by atoms with E-state index in [-0.39, 0.29) is 49.1 Å². The molecule has 1 saturated carbocycles. The van der Waals surface area contributed by atoms with E-state index < -0.39 is 52.8 Å². The van der Waals surface area contributed by atoms with Gasteiger partial charge in [-0.15, -0.1) is 0 Å². The van der Waals surface area contributed by atoms with Gasteiger partial charge in [0.1, 0.15) is 12.4 Å². The molecule has 2 N–H and O–H groups in total. The zero-order valence-corrected chi connectivity index (χ0v) is 25.0. The number of hydrogen-bond acceptors (Lipinski definition) is 7. The summed E-state index contributed by atoms with van der Waals surface area (Å²) in [5, 5.41) is 18.7. The molecule has 2 aliphatic carbocycles. The van der Waals surface area contributed by atoms with Crippen LogP contribution in [0.4, 0.5) is 11.4 Å². The van der Waals surface area contributed by atoms with E-state index in [2.05, 4.69) is 0 Å². The summed E-state index contributed by atoms with van der Waals surface area (Å²) in [7, 11) is 0. The molecular weight excluding hydrogens is 588 g/mol. The molecule has 7 rings (SSSR count). The third-order valence-corrected chi connectivity index (χ3v) is 10.2. The third-order valence-electron chi connectivity index (χ3n) is 10.2. The quantitative estimate of drug-likeness (QED) is 0.296. The highest BCUT2D eigenvalue weighted by molar-refractivity contribution is 6.25. The molecule has 0 bridgehead atoms. The van der Waals surface area contributed by atoms with Gasteiger partial charge in [-0.25, -0.2) is 9.69 Å². The van der Waals surface area contributed by atoms with Crippen molar-refractivity contribution in [2.24, 2.45) is 29.1 Å². The number of carbonyl (C=O) groups excluding carboxylic acids is 4. The summed E-state index contributed by atoms with van der Waals surface area (Å²) in [6, 6.07) is 21.8. The number of carboxylic acid groups (broad SMARTS) is 1. The minimum absolute atomic E-state index is 0.0391. The zero-order valence-electron chi connectivity index (χ0n) is 25.0. The number of anilines is 2. The molecule has 2 saturated heterocycles. The van der Waals surface area contributed by atoms with Crippen LogP contribution in [0.5, 0.6) is 5.75 Å². The molecule has 4 aliphatic rings. The highest BCUT2D eigenvalue weighted by Crippen LogP contribution is 2.63. The monoisotopic (exact) mass is 620 g/mol. The van der Waals surface area contributed by atoms with Crippen LogP contribution in [0.3, 0.4) is 0 Å². The lowest BCUT2D eigenvalue weighted by molar-refractivity contribution is -0.131. The first-order valence-electron chi connectivity index (χ1n) is 15.3. The first-order chi connectivity index (χ1) is 22.2. The largest absolute Gasteiger partial charge is 0.491 e. The molecule has 0 radical (unpaired) electrons. The molecule has 3 aromatic carbocycles. The standard InChI is InChI=1S/C36H32N2O8/c1-36-28(32(41)38(35(36)45)22-7-3-2-4-8-22)19-27-25(30(36)20-10-12-24(13-11-20)46-17-16-39)14-15-26-29(27)33(42)37(31(26)40)23-9-5-6-21(18-23)34(43)44/h2-14,18,26-30,39H,15-17,19H2,1H3,(H,43,44). The predicted molar refractivity (Wildman–Crippen MR) is 166 cm³/mol. The average molecular weight is 621 g/mol. The molecule has 234 valence electrons. The van der Waals surface area contributed by atoms with Gasteiger partial charge in [-0.3, -0.25) is 24.1 Å². The summed E-state index contributed by atoms with van der Waals surface area (Å²) in [5.74, 6) is -5.38. The summed E-state index contributed by atoms with van der Waals surface area (Å²) in [5.41, 5.74) is 1.09. The smallest absolute Gasteiger partial charge is 0.335 e. The Hall–Kier alpha value is -5.09. The van der Waals surface area contributed by atoms with Crippen molar-refractivity contribution in [3.8, 4) is 5.75 Å². The van der Waals surface area contributed by atoms with Gasteiger partial charge in [0.25, 0.3) is 0 Å². The fourth-order valence-electron chi connectivity index (χ4n) is 8.17. The first kappa shape index (κ1) is 29.6. The topological polar surface area (TPSA) is 142 Å². The van der Waals surface area contributed by atoms with E-state index >= 15 is 0 Å². The molecule has 6 atom stereocenters. The molecule has 3 aromatic rings. The number of nitrogens with zero attached hydrogens (tertiary/aromatic N) is 2. The number of aliphatic hydroxyl groups is 1. The number of para-hydroxylation sites is 1. The molecule has 3 fully saturated rings. The Morgan fingerprint density at radius 2 is 1.59 bits per heavy atom. The number of amides is 4. The average Bonchev–Trinajstić information content (AvgIpc) is 3.44. The predicted octanol–water partition coefficient (Wildman–Crippen LogP) is 4.19. The van der Waals surface area contributed by atoms with Crippen LogP contribution in [0, 0.1) is 29.1 Å². The van der Waals surface area contributed by atoms with Crippen LogP contribution < -0.4 is 14.5 Å². The molecular formula is C36H32N2O8. The van der Waals surface area contributed by atoms with E-state index in [9.17, 15) is 34.2 Å². The maximum absolute atomic E-state index is 14.5. The van der Waals surface area contributed by atoms with Crippen LogP contribution in [0.1, 0.15) is 41.6 Å². The van der Waals surface area contributed by atoms with Crippen molar-refractivity contribution in [1.82, 2.24) is 0 Å². The lowest BCUT2D eigenvalue weighted by atomic mass is 9.51. The van der Waals surface area contributed by atoms with Gasteiger partial charge in [0, 0.05) is 5.92 Å². The van der Waals surface area contributed by atoms with Crippen molar-refractivity contribution in [2.75, 3.05) is 23.0 Å². The second kappa shape index (κ2) is 11.1. The van der Waals surface area contributed by atoms with Gasteiger partial charge in [-0.1, -0.05) is 48.0 Å². The van der Waals surface area contributed by atoms with Crippen LogP contribution in [0.2, 0.25) is 0 Å². The number of hydrogen-bond donors (Lipinski definition) is 2. The third kappa shape index (κ3) is 4.31. The normalized spacial score (nSPS) is 28.5. The Kier molecular flexibility index (Phi) is 7.12. The van der Waals surface area contributed by atoms with E-state index in [0.29, 0.717) is 11.4 Å². The highest BCUT2D eigenvalue weighted by atomic mass is 16.5. The summed E-state index contributed by atoms with van der Waals surface area (Å²) in [4.78, 5) is 70.7. The SMILES string of the molecule is CC12C(=O)N(c3ccccc3)C(=O)C1CC1C(=CCC3C(=O)N(c4cccc(C(=O)O)c4)C(=O)C31)C2c1ccc(OCCO)cc1. The van der Waals surface area contributed by atoms with E-state index in [0.717, 1.165) is 16.0 Å². The van der Waals surface area contributed by atoms with Gasteiger partial charge >= 0.3 is 5.97 Å². The fourth-order valence-corrected chi connectivity index (χ4v) is 8.17. The minimum Gasteiger partial charge on any atom is -0.491 e. The van der Waals surface area contributed by atoms with Crippen molar-refractivity contribution >= 4 is 41.0 Å². The Balaban J connectivity index is 1.33. The van der Waals surface area contributed by atoms with Crippen LogP contribution in [-0.4, -0.2) is 53.0 Å². The van der Waals surface area contributed by atoms with Crippen LogP contribution in [0.15, 0.2) is 90.5 Å². The van der Waals surface area contributed by atoms with Gasteiger partial charge in [0.2, 0.25) is 23.6 Å². The van der Waals surface area contributed by atoms with Gasteiger partial charge < -0.3 is 14.9 Å². The van der Waals surface area contributed by atoms with Crippen LogP contribution >= 0.6 is 0 Å². The molecule has 4 amide bonds. The number of fused-ring (bicyclic) bond motifs is 4. The van der Waals surface area contributed by atoms with E-state index in [1.807, 2.05) is 31.2 Å². The Labute approximate surface area is 264 Å². The highest BCUT2D eigenvalue weighted by Gasteiger charge is 2.67. The Morgan fingerprint density at radius 1 is 0.870 bits per heavy atom. The number of imide groups is 2. The molecule has 2 heterocycles. The van der Waals surface area contributed by atoms with Gasteiger partial charge in [-0.05, 0) is 73.7 Å². The molecule has 2 aliphatic heterocycles. The Bertz CT molecular complexity index is 1800. The second-order valence-corrected chi connectivity index (χ2v) is 12.5. The number of ether oxygens (including phenoxy) is 1. The van der Waals surface area contributed by atoms with Crippen LogP contribution in [-0.2, 0) is 19.2 Å². The summed E-state index contributed by atoms with van der Waals surface area (Å²) in [6.07, 6.45) is 2.46. The fraction of sp³-hybridized carbons (Fsp3) is 0.306. The maximum atomic E-state index is 14.5. The van der Waals surface area contributed by atoms with Crippen molar-refractivity contribution in [1.29, 1.82) is 0 Å². The lowest BCUT2D eigenvalue weighted by Crippen LogP contribution is -2.48. The molecule has 10 nitrogen and oxygen atoms in total. The number of aliphatic hydroxyl groups excluding tert-OH is 1. The number of allylic oxidation sites excluding steroid dienone is 2. The summed E-state index contributed by atoms with van der Waals surface area (Å²) < 4.78 is 5.57. The van der Waals surface area contributed by atoms with Crippen molar-refractivity contribution in [3.63, 3.8) is 0 Å². The molecule has 10 heteroatoms. The first-order valence-corrected chi connectivity index (χ1v) is 15.3. The summed E-state index contributed by atoms with van der Waals surface area (Å²) in [6.45, 7) is 1.81. The molecule has 46 heavy (non-hydrogen) atoms. The van der Waals surface area contributed by atoms with Crippen molar-refractivity contribution < 1.29 is 38.9 Å². The second-order valence-electron chi connectivity index (χ2n) is 12.5. The number of benzene rings is 3. The van der Waals surface area contributed by atoms with Gasteiger partial charge in [-0.2, -0.15) is 0 Å². The van der Waals surface area contributed by atoms with Crippen molar-refractivity contribution in [2.45, 2.75) is 25.7 Å². The minimum atomic E-state index is -1.17. The van der Waals surface area contributed by atoms with Crippen molar-refractivity contribution in [3.05, 3.63) is 102 Å². The van der Waals surface area contributed by atoms with Gasteiger partial charge in [0.05, 0.1) is 46.7 Å². The maximum Gasteiger partial charge on any atom is 0.335 e. The molecule has 0 spiro atoms. The number of aromatic carboxylic acids is 1.